The molecule has 0 aromatic carbocycles. The molecule has 0 unspecified atom stereocenters. The molecular weight excluding hydrogens is 261 g/mol. The molecule has 0 saturated carbocycles. The lowest BCUT2D eigenvalue weighted by Crippen LogP contribution is -2.37. The van der Waals surface area contributed by atoms with Crippen LogP contribution in [0.5, 0.6) is 0 Å². The molecule has 2 heterocycles. The third-order valence-electron chi connectivity index (χ3n) is 2.92. The van der Waals surface area contributed by atoms with E-state index in [1.165, 1.54) is 15.8 Å². The average molecular weight is 274 g/mol. The Kier molecular flexibility index (Phi) is 3.25. The van der Waals surface area contributed by atoms with Gasteiger partial charge in [-0.3, -0.25) is 9.48 Å². The number of nitrogens with zero attached hydrogens (tertiary/aromatic N) is 3. The molecule has 1 aliphatic rings. The van der Waals surface area contributed by atoms with Crippen LogP contribution in [0.2, 0.25) is 0 Å². The van der Waals surface area contributed by atoms with Gasteiger partial charge in [-0.25, -0.2) is 0 Å². The molecule has 19 heavy (non-hydrogen) atoms. The van der Waals surface area contributed by atoms with Gasteiger partial charge in [-0.2, -0.15) is 18.3 Å². The van der Waals surface area contributed by atoms with Crippen molar-refractivity contribution >= 4 is 11.6 Å². The molecule has 0 saturated heterocycles. The summed E-state index contributed by atoms with van der Waals surface area (Å²) in [5.74, 6) is -0.449. The number of hydrogen-bond acceptors (Lipinski definition) is 3. The lowest BCUT2D eigenvalue weighted by molar-refractivity contribution is -0.0957. The summed E-state index contributed by atoms with van der Waals surface area (Å²) in [7, 11) is 1.62. The highest BCUT2D eigenvalue weighted by Gasteiger charge is 2.36. The van der Waals surface area contributed by atoms with Crippen molar-refractivity contribution in [3.8, 4) is 0 Å². The number of carbonyl (C=O) groups excluding carboxylic acids is 1. The number of hydrogen-bond donors (Lipinski definition) is 1. The summed E-state index contributed by atoms with van der Waals surface area (Å²) in [5, 5.41) is 3.91. The summed E-state index contributed by atoms with van der Waals surface area (Å²) in [6, 6.07) is 0. The molecule has 1 aliphatic heterocycles. The summed E-state index contributed by atoms with van der Waals surface area (Å²) in [5.41, 5.74) is 5.32. The largest absolute Gasteiger partial charge is 0.412 e. The van der Waals surface area contributed by atoms with Crippen molar-refractivity contribution in [3.63, 3.8) is 0 Å². The van der Waals surface area contributed by atoms with E-state index in [1.54, 1.807) is 7.05 Å². The number of carbonyl (C=O) groups is 1. The zero-order valence-electron chi connectivity index (χ0n) is 10.2. The fraction of sp³-hybridized carbons (Fsp3) is 0.455. The Bertz CT molecular complexity index is 533. The maximum Gasteiger partial charge on any atom is 0.412 e. The van der Waals surface area contributed by atoms with Gasteiger partial charge in [-0.1, -0.05) is 6.08 Å². The fourth-order valence-corrected chi connectivity index (χ4v) is 1.93. The number of aryl methyl sites for hydroxylation is 1. The first kappa shape index (κ1) is 13.4. The summed E-state index contributed by atoms with van der Waals surface area (Å²) in [6.45, 7) is -0.0656. The van der Waals surface area contributed by atoms with Crippen LogP contribution in [0.1, 0.15) is 16.9 Å². The third kappa shape index (κ3) is 2.72. The molecule has 0 aliphatic carbocycles. The Morgan fingerprint density at radius 2 is 2.16 bits per heavy atom. The van der Waals surface area contributed by atoms with Gasteiger partial charge in [0.15, 0.2) is 5.69 Å². The first-order valence-corrected chi connectivity index (χ1v) is 5.63. The minimum atomic E-state index is -4.32. The van der Waals surface area contributed by atoms with Crippen molar-refractivity contribution in [2.24, 2.45) is 7.05 Å². The van der Waals surface area contributed by atoms with Crippen LogP contribution in [0.4, 0.5) is 18.9 Å². The maximum absolute atomic E-state index is 12.5. The van der Waals surface area contributed by atoms with E-state index in [4.69, 9.17) is 5.73 Å². The van der Waals surface area contributed by atoms with E-state index < -0.39 is 17.7 Å². The van der Waals surface area contributed by atoms with Crippen LogP contribution in [0.25, 0.3) is 0 Å². The number of rotatable bonds is 1. The van der Waals surface area contributed by atoms with Gasteiger partial charge in [0.25, 0.3) is 5.91 Å². The van der Waals surface area contributed by atoms with E-state index in [0.717, 1.165) is 6.08 Å². The standard InChI is InChI=1S/C11H13F3N4O/c1-17-6-8(15)9(16-17)10(19)18-4-2-7(3-5-18)11(12,13)14/h2,6H,3-5,15H2,1H3. The SMILES string of the molecule is Cn1cc(N)c(C(=O)N2CC=C(C(F)(F)F)CC2)n1. The van der Waals surface area contributed by atoms with Crippen LogP contribution >= 0.6 is 0 Å². The predicted octanol–water partition coefficient (Wildman–Crippen LogP) is 1.34. The monoisotopic (exact) mass is 274 g/mol. The maximum atomic E-state index is 12.5. The molecule has 1 amide bonds. The second kappa shape index (κ2) is 4.60. The first-order chi connectivity index (χ1) is 8.79. The molecular formula is C11H13F3N4O. The van der Waals surface area contributed by atoms with Gasteiger partial charge < -0.3 is 10.6 Å². The van der Waals surface area contributed by atoms with Crippen molar-refractivity contribution in [2.45, 2.75) is 12.6 Å². The highest BCUT2D eigenvalue weighted by atomic mass is 19.4. The average Bonchev–Trinajstić information content (AvgIpc) is 2.66. The van der Waals surface area contributed by atoms with Crippen molar-refractivity contribution in [1.29, 1.82) is 0 Å². The predicted molar refractivity (Wildman–Crippen MR) is 62.3 cm³/mol. The second-order valence-corrected chi connectivity index (χ2v) is 4.34. The lowest BCUT2D eigenvalue weighted by atomic mass is 10.1. The van der Waals surface area contributed by atoms with Gasteiger partial charge in [0.05, 0.1) is 5.69 Å². The van der Waals surface area contributed by atoms with Crippen molar-refractivity contribution in [2.75, 3.05) is 18.8 Å². The molecule has 2 rings (SSSR count). The number of aromatic nitrogens is 2. The van der Waals surface area contributed by atoms with Crippen LogP contribution < -0.4 is 5.73 Å². The first-order valence-electron chi connectivity index (χ1n) is 5.63. The fourth-order valence-electron chi connectivity index (χ4n) is 1.93. The molecule has 0 fully saturated rings. The van der Waals surface area contributed by atoms with Gasteiger partial charge in [0.2, 0.25) is 0 Å². The van der Waals surface area contributed by atoms with Gasteiger partial charge >= 0.3 is 6.18 Å². The zero-order chi connectivity index (χ0) is 14.2. The van der Waals surface area contributed by atoms with E-state index in [9.17, 15) is 18.0 Å². The quantitative estimate of drug-likeness (QED) is 0.786. The summed E-state index contributed by atoms with van der Waals surface area (Å²) in [6.07, 6.45) is -2.02. The Hall–Kier alpha value is -1.99. The van der Waals surface area contributed by atoms with Crippen molar-refractivity contribution < 1.29 is 18.0 Å². The highest BCUT2D eigenvalue weighted by Crippen LogP contribution is 2.30. The molecule has 0 spiro atoms. The Labute approximate surface area is 107 Å². The summed E-state index contributed by atoms with van der Waals surface area (Å²) < 4.78 is 38.7. The topological polar surface area (TPSA) is 64.2 Å². The molecule has 8 heteroatoms. The zero-order valence-corrected chi connectivity index (χ0v) is 10.2. The van der Waals surface area contributed by atoms with Gasteiger partial charge in [0.1, 0.15) is 0 Å². The second-order valence-electron chi connectivity index (χ2n) is 4.34. The van der Waals surface area contributed by atoms with Crippen molar-refractivity contribution in [1.82, 2.24) is 14.7 Å². The molecule has 5 nitrogen and oxygen atoms in total. The molecule has 2 N–H and O–H groups in total. The number of amides is 1. The number of alkyl halides is 3. The number of nitrogen functional groups attached to an aromatic ring is 1. The van der Waals surface area contributed by atoms with E-state index >= 15 is 0 Å². The number of anilines is 1. The van der Waals surface area contributed by atoms with Gasteiger partial charge in [0, 0.05) is 31.9 Å². The minimum Gasteiger partial charge on any atom is -0.396 e. The van der Waals surface area contributed by atoms with Crippen LogP contribution in [-0.2, 0) is 7.05 Å². The van der Waals surface area contributed by atoms with Crippen molar-refractivity contribution in [3.05, 3.63) is 23.5 Å². The minimum absolute atomic E-state index is 0.0141. The van der Waals surface area contributed by atoms with E-state index in [2.05, 4.69) is 5.10 Å². The smallest absolute Gasteiger partial charge is 0.396 e. The van der Waals surface area contributed by atoms with Crippen LogP contribution in [0.15, 0.2) is 17.8 Å². The number of nitrogens with two attached hydrogens (primary N) is 1. The molecule has 1 aromatic rings. The summed E-state index contributed by atoms with van der Waals surface area (Å²) in [4.78, 5) is 13.3. The molecule has 104 valence electrons. The number of halogens is 3. The Balaban J connectivity index is 2.12. The Morgan fingerprint density at radius 1 is 1.47 bits per heavy atom. The molecule has 1 aromatic heterocycles. The van der Waals surface area contributed by atoms with Gasteiger partial charge in [-0.15, -0.1) is 0 Å². The lowest BCUT2D eigenvalue weighted by Gasteiger charge is -2.26. The van der Waals surface area contributed by atoms with Crippen LogP contribution in [0, 0.1) is 0 Å². The Morgan fingerprint density at radius 3 is 2.58 bits per heavy atom. The van der Waals surface area contributed by atoms with Crippen LogP contribution in [-0.4, -0.2) is 39.9 Å². The highest BCUT2D eigenvalue weighted by molar-refractivity contribution is 5.97. The van der Waals surface area contributed by atoms with E-state index in [0.29, 0.717) is 0 Å². The molecule has 0 atom stereocenters. The molecule has 0 radical (unpaired) electrons. The van der Waals surface area contributed by atoms with Gasteiger partial charge in [-0.05, 0) is 6.42 Å². The van der Waals surface area contributed by atoms with E-state index in [1.807, 2.05) is 0 Å². The summed E-state index contributed by atoms with van der Waals surface area (Å²) >= 11 is 0. The normalized spacial score (nSPS) is 16.4. The molecule has 0 bridgehead atoms. The van der Waals surface area contributed by atoms with E-state index in [-0.39, 0.29) is 30.9 Å². The third-order valence-corrected chi connectivity index (χ3v) is 2.92. The van der Waals surface area contributed by atoms with Crippen LogP contribution in [0.3, 0.4) is 0 Å².